The minimum Gasteiger partial charge on any atom is -0.550 e. The zero-order valence-corrected chi connectivity index (χ0v) is 80.8. The first kappa shape index (κ1) is 142. The number of carbonyl (C=O) groups is 18. The summed E-state index contributed by atoms with van der Waals surface area (Å²) in [5, 5.41) is 223. The van der Waals surface area contributed by atoms with Gasteiger partial charge < -0.3 is 180 Å². The molecule has 0 saturated carbocycles. The van der Waals surface area contributed by atoms with Crippen LogP contribution in [0.4, 0.5) is 0 Å². The van der Waals surface area contributed by atoms with E-state index < -0.39 is 218 Å². The molecule has 0 spiro atoms. The van der Waals surface area contributed by atoms with Crippen molar-refractivity contribution in [3.63, 3.8) is 0 Å². The molecule has 6 unspecified atom stereocenters. The Morgan fingerprint density at radius 1 is 0.189 bits per heavy atom. The fraction of sp³-hybridized carbons (Fsp3) is 0.500. The third-order valence-electron chi connectivity index (χ3n) is 7.56. The van der Waals surface area contributed by atoms with Gasteiger partial charge in [-0.1, -0.05) is 0 Å². The van der Waals surface area contributed by atoms with Crippen molar-refractivity contribution in [1.82, 2.24) is 0 Å². The standard InChI is InChI=1S/6C6H8O7.6K.6Na/c6*7-3(8)1-6(13,5(11)12)2-4(9)10;;;;;;;;;;;;/h6*13H,1-2H2,(H,7,8)(H,9,10)(H,11,12);;;;;;;;;;;;/q;;;;;;12*+1/p-12. The summed E-state index contributed by atoms with van der Waals surface area (Å²) in [5.74, 6) is -34.0. The van der Waals surface area contributed by atoms with Gasteiger partial charge in [-0.05, 0) is 0 Å². The van der Waals surface area contributed by atoms with Crippen LogP contribution in [-0.4, -0.2) is 202 Å². The van der Waals surface area contributed by atoms with E-state index in [1.807, 2.05) is 0 Å². The maximum Gasteiger partial charge on any atom is 1.00 e. The summed E-state index contributed by atoms with van der Waals surface area (Å²) in [6.45, 7) is 0. The summed E-state index contributed by atoms with van der Waals surface area (Å²) in [6, 6.07) is 0. The molecule has 444 valence electrons. The fourth-order valence-electron chi connectivity index (χ4n) is 4.17. The van der Waals surface area contributed by atoms with E-state index in [0.29, 0.717) is 0 Å². The largest absolute Gasteiger partial charge is 1.00 e. The Bertz CT molecular complexity index is 1830. The first-order valence-corrected chi connectivity index (χ1v) is 18.8. The van der Waals surface area contributed by atoms with E-state index in [9.17, 15) is 148 Å². The van der Waals surface area contributed by atoms with Crippen LogP contribution >= 0.6 is 0 Å². The van der Waals surface area contributed by atoms with Gasteiger partial charge in [-0.15, -0.1) is 0 Å². The molecule has 6 atom stereocenters. The van der Waals surface area contributed by atoms with Crippen molar-refractivity contribution in [2.24, 2.45) is 0 Å². The van der Waals surface area contributed by atoms with Crippen LogP contribution in [0, 0.1) is 0 Å². The molecule has 0 aromatic rings. The zero-order chi connectivity index (χ0) is 63.9. The fourth-order valence-corrected chi connectivity index (χ4v) is 4.17. The topological polar surface area (TPSA) is 827 Å². The van der Waals surface area contributed by atoms with E-state index >= 15 is 0 Å². The van der Waals surface area contributed by atoms with E-state index in [1.165, 1.54) is 0 Å². The van der Waals surface area contributed by atoms with Crippen LogP contribution in [0.5, 0.6) is 0 Å². The van der Waals surface area contributed by atoms with Gasteiger partial charge in [0, 0.05) is 74.3 Å². The number of carboxylic acids is 18. The van der Waals surface area contributed by atoms with Crippen LogP contribution in [0.3, 0.4) is 0 Å². The Kier molecular flexibility index (Phi) is 114. The van der Waals surface area contributed by atoms with Crippen LogP contribution < -0.4 is 547 Å². The molecule has 0 radical (unpaired) electrons. The number of rotatable bonds is 30. The minimum atomic E-state index is -2.91. The quantitative estimate of drug-likeness (QED) is 0.0297. The number of carboxylic acid groups (broad SMARTS) is 18. The van der Waals surface area contributed by atoms with Gasteiger partial charge in [0.15, 0.2) is 0 Å². The van der Waals surface area contributed by atoms with Crippen LogP contribution in [0.15, 0.2) is 0 Å². The molecular formula is C36H36K6Na6O42. The van der Waals surface area contributed by atoms with Gasteiger partial charge >= 0.3 is 521 Å². The summed E-state index contributed by atoms with van der Waals surface area (Å²) in [5.41, 5.74) is -17.5. The van der Waals surface area contributed by atoms with Crippen molar-refractivity contribution in [3.05, 3.63) is 0 Å². The first-order chi connectivity index (χ1) is 34.7. The normalized spacial score (nSPS) is 12.6. The van der Waals surface area contributed by atoms with Gasteiger partial charge in [-0.3, -0.25) is 28.8 Å². The van der Waals surface area contributed by atoms with Crippen LogP contribution in [-0.2, 0) is 86.3 Å². The number of aliphatic hydroxyl groups is 6. The average Bonchev–Trinajstić information content (AvgIpc) is 3.15. The van der Waals surface area contributed by atoms with Crippen molar-refractivity contribution in [2.45, 2.75) is 111 Å². The van der Waals surface area contributed by atoms with E-state index in [0.717, 1.165) is 0 Å². The van der Waals surface area contributed by atoms with Gasteiger partial charge in [-0.2, -0.15) is 0 Å². The van der Waals surface area contributed by atoms with E-state index in [-0.39, 0.29) is 486 Å². The van der Waals surface area contributed by atoms with Crippen molar-refractivity contribution >= 4 is 107 Å². The minimum absolute atomic E-state index is 0. The zero-order valence-electron chi connectivity index (χ0n) is 50.1. The Balaban J connectivity index is -0.0000000421. The monoisotopic (exact) mass is 1510 g/mol. The summed E-state index contributed by atoms with van der Waals surface area (Å²) in [7, 11) is 0. The third-order valence-corrected chi connectivity index (χ3v) is 7.56. The van der Waals surface area contributed by atoms with Gasteiger partial charge in [0.05, 0.1) is 74.3 Å². The van der Waals surface area contributed by atoms with Gasteiger partial charge in [0.2, 0.25) is 0 Å². The Morgan fingerprint density at radius 2 is 0.256 bits per heavy atom. The second-order valence-corrected chi connectivity index (χ2v) is 14.6. The number of hydrogen-bond acceptors (Lipinski definition) is 36. The third kappa shape index (κ3) is 78.2. The van der Waals surface area contributed by atoms with Gasteiger partial charge in [0.25, 0.3) is 0 Å². The molecule has 0 aromatic carbocycles. The summed E-state index contributed by atoms with van der Waals surface area (Å²) in [4.78, 5) is 181. The van der Waals surface area contributed by atoms with Gasteiger partial charge in [-0.25, -0.2) is 0 Å². The molecule has 54 heteroatoms. The molecule has 0 aliphatic rings. The first-order valence-electron chi connectivity index (χ1n) is 18.8. The predicted octanol–water partition coefficient (Wildman–Crippen LogP) is -59.5. The number of carbonyl (C=O) groups excluding carboxylic acids is 12. The van der Waals surface area contributed by atoms with Gasteiger partial charge in [0.1, 0.15) is 33.6 Å². The van der Waals surface area contributed by atoms with E-state index in [4.69, 9.17) is 61.3 Å². The van der Waals surface area contributed by atoms with Crippen molar-refractivity contribution in [2.75, 3.05) is 0 Å². The molecule has 0 saturated heterocycles. The maximum absolute atomic E-state index is 10.2. The Morgan fingerprint density at radius 3 is 0.289 bits per heavy atom. The molecule has 0 aliphatic heterocycles. The van der Waals surface area contributed by atoms with Crippen LogP contribution in [0.1, 0.15) is 77.0 Å². The predicted molar refractivity (Wildman–Crippen MR) is 191 cm³/mol. The molecule has 0 heterocycles. The average molecular weight is 1510 g/mol. The second kappa shape index (κ2) is 72.0. The molecule has 12 N–H and O–H groups in total. The molecular weight excluding hydrogens is 1480 g/mol. The maximum atomic E-state index is 10.2. The molecule has 0 bridgehead atoms. The van der Waals surface area contributed by atoms with Crippen molar-refractivity contribution in [1.29, 1.82) is 0 Å². The second-order valence-electron chi connectivity index (χ2n) is 14.6. The van der Waals surface area contributed by atoms with Crippen LogP contribution in [0.2, 0.25) is 0 Å². The van der Waals surface area contributed by atoms with Crippen molar-refractivity contribution in [3.8, 4) is 0 Å². The molecule has 0 aliphatic carbocycles. The number of hydrogen-bond donors (Lipinski definition) is 12. The van der Waals surface area contributed by atoms with Crippen LogP contribution in [0.25, 0.3) is 0 Å². The molecule has 0 aromatic heterocycles. The SMILES string of the molecule is O=C([O-])CC(O)(CC(=O)O)C(=O)[O-].O=C([O-])CC(O)(CC(=O)O)C(=O)[O-].O=C([O-])CC(O)(CC(=O)O)C(=O)[O-].O=C([O-])CC(O)(CC(=O)O)C(=O)[O-].O=C([O-])CC(O)(CC(=O)O)C(=O)[O-].O=C([O-])CC(O)(CC(=O)O)C(=O)[O-].[K+].[K+].[K+].[K+].[K+].[K+].[Na+].[Na+].[Na+].[Na+].[Na+].[Na+]. The molecule has 0 fully saturated rings. The van der Waals surface area contributed by atoms with E-state index in [2.05, 4.69) is 0 Å². The Labute approximate surface area is 891 Å². The molecule has 42 nitrogen and oxygen atoms in total. The Hall–Kier alpha value is 6.04. The van der Waals surface area contributed by atoms with E-state index in [1.54, 1.807) is 0 Å². The molecule has 0 amide bonds. The smallest absolute Gasteiger partial charge is 0.550 e. The molecule has 0 rings (SSSR count). The number of aliphatic carboxylic acids is 18. The summed E-state index contributed by atoms with van der Waals surface area (Å²) >= 11 is 0. The summed E-state index contributed by atoms with van der Waals surface area (Å²) in [6.07, 6.45) is -15.4. The molecule has 90 heavy (non-hydrogen) atoms. The van der Waals surface area contributed by atoms with Crippen molar-refractivity contribution < 1.29 is 695 Å². The summed E-state index contributed by atoms with van der Waals surface area (Å²) < 4.78 is 0.